The first-order valence-electron chi connectivity index (χ1n) is 7.91. The van der Waals surface area contributed by atoms with Crippen molar-refractivity contribution >= 4 is 39.5 Å². The summed E-state index contributed by atoms with van der Waals surface area (Å²) in [5, 5.41) is 2.04. The molecule has 0 aliphatic heterocycles. The molecule has 0 atom stereocenters. The van der Waals surface area contributed by atoms with Crippen LogP contribution in [0.2, 0.25) is 0 Å². The zero-order valence-electron chi connectivity index (χ0n) is 14.5. The van der Waals surface area contributed by atoms with E-state index in [-0.39, 0.29) is 11.5 Å². The minimum atomic E-state index is -0.520. The maximum absolute atomic E-state index is 11.7. The van der Waals surface area contributed by atoms with E-state index in [0.29, 0.717) is 27.3 Å². The van der Waals surface area contributed by atoms with Gasteiger partial charge >= 0.3 is 17.9 Å². The Kier molecular flexibility index (Phi) is 4.58. The first-order chi connectivity index (χ1) is 12.4. The zero-order valence-corrected chi connectivity index (χ0v) is 14.5. The summed E-state index contributed by atoms with van der Waals surface area (Å²) in [5.41, 5.74) is 0. The number of hydrogen-bond acceptors (Lipinski definition) is 6. The number of carbonyl (C=O) groups is 3. The third-order valence-electron chi connectivity index (χ3n) is 3.66. The maximum atomic E-state index is 11.7. The Morgan fingerprint density at radius 2 is 1.12 bits per heavy atom. The summed E-state index contributed by atoms with van der Waals surface area (Å²) in [6.07, 6.45) is 0. The van der Waals surface area contributed by atoms with E-state index >= 15 is 0 Å². The van der Waals surface area contributed by atoms with E-state index in [1.54, 1.807) is 42.5 Å². The van der Waals surface area contributed by atoms with Crippen molar-refractivity contribution in [2.24, 2.45) is 0 Å². The average Bonchev–Trinajstić information content (AvgIpc) is 2.56. The molecule has 0 fully saturated rings. The van der Waals surface area contributed by atoms with Crippen molar-refractivity contribution in [3.63, 3.8) is 0 Å². The van der Waals surface area contributed by atoms with Crippen molar-refractivity contribution in [1.29, 1.82) is 0 Å². The molecule has 0 radical (unpaired) electrons. The Morgan fingerprint density at radius 1 is 0.615 bits per heavy atom. The lowest BCUT2D eigenvalue weighted by molar-refractivity contribution is -0.132. The number of carbonyl (C=O) groups excluding carboxylic acids is 3. The summed E-state index contributed by atoms with van der Waals surface area (Å²) in [5.74, 6) is -0.758. The standard InChI is InChI=1S/C20H16O6/c1-11(21)24-17-10-6-9-16-18(17)20(26-13(3)23)15-8-5-4-7-14(15)19(16)25-12(2)22/h4-10H,1-3H3. The van der Waals surface area contributed by atoms with E-state index in [4.69, 9.17) is 14.2 Å². The Labute approximate surface area is 149 Å². The van der Waals surface area contributed by atoms with Crippen molar-refractivity contribution in [3.8, 4) is 17.2 Å². The molecule has 3 aromatic rings. The highest BCUT2D eigenvalue weighted by molar-refractivity contribution is 6.14. The van der Waals surface area contributed by atoms with Crippen molar-refractivity contribution < 1.29 is 28.6 Å². The Hall–Kier alpha value is -3.41. The molecular weight excluding hydrogens is 336 g/mol. The van der Waals surface area contributed by atoms with Crippen LogP contribution < -0.4 is 14.2 Å². The van der Waals surface area contributed by atoms with Gasteiger partial charge < -0.3 is 14.2 Å². The smallest absolute Gasteiger partial charge is 0.308 e. The van der Waals surface area contributed by atoms with Crippen molar-refractivity contribution in [2.75, 3.05) is 0 Å². The Bertz CT molecular complexity index is 1050. The van der Waals surface area contributed by atoms with Crippen LogP contribution in [0.15, 0.2) is 42.5 Å². The van der Waals surface area contributed by atoms with Crippen LogP contribution in [0.4, 0.5) is 0 Å². The van der Waals surface area contributed by atoms with Crippen LogP contribution in [0.3, 0.4) is 0 Å². The fourth-order valence-electron chi connectivity index (χ4n) is 2.86. The van der Waals surface area contributed by atoms with E-state index in [1.165, 1.54) is 20.8 Å². The molecule has 0 bridgehead atoms. The minimum absolute atomic E-state index is 0.213. The predicted octanol–water partition coefficient (Wildman–Crippen LogP) is 3.77. The van der Waals surface area contributed by atoms with E-state index in [2.05, 4.69) is 0 Å². The van der Waals surface area contributed by atoms with Crippen LogP contribution in [-0.4, -0.2) is 17.9 Å². The average molecular weight is 352 g/mol. The van der Waals surface area contributed by atoms with Crippen molar-refractivity contribution in [1.82, 2.24) is 0 Å². The topological polar surface area (TPSA) is 78.9 Å². The van der Waals surface area contributed by atoms with Gasteiger partial charge in [-0.2, -0.15) is 0 Å². The summed E-state index contributed by atoms with van der Waals surface area (Å²) in [6.45, 7) is 3.86. The van der Waals surface area contributed by atoms with E-state index in [9.17, 15) is 14.4 Å². The SMILES string of the molecule is CC(=O)Oc1c2ccccc2c(OC(C)=O)c2c(OC(C)=O)cccc12. The molecule has 0 saturated carbocycles. The molecule has 0 aliphatic rings. The Balaban J connectivity index is 2.51. The molecule has 6 nitrogen and oxygen atoms in total. The second-order valence-electron chi connectivity index (χ2n) is 5.66. The second kappa shape index (κ2) is 6.84. The largest absolute Gasteiger partial charge is 0.426 e. The van der Waals surface area contributed by atoms with Gasteiger partial charge in [0.1, 0.15) is 11.5 Å². The van der Waals surface area contributed by atoms with Gasteiger partial charge in [-0.3, -0.25) is 14.4 Å². The van der Waals surface area contributed by atoms with E-state index in [0.717, 1.165) is 0 Å². The van der Waals surface area contributed by atoms with Gasteiger partial charge in [-0.1, -0.05) is 36.4 Å². The molecule has 0 N–H and O–H groups in total. The lowest BCUT2D eigenvalue weighted by Crippen LogP contribution is -2.08. The van der Waals surface area contributed by atoms with Crippen molar-refractivity contribution in [2.45, 2.75) is 20.8 Å². The lowest BCUT2D eigenvalue weighted by atomic mass is 9.99. The third-order valence-corrected chi connectivity index (χ3v) is 3.66. The van der Waals surface area contributed by atoms with Gasteiger partial charge in [-0.05, 0) is 6.07 Å². The number of hydrogen-bond donors (Lipinski definition) is 0. The van der Waals surface area contributed by atoms with Gasteiger partial charge in [-0.15, -0.1) is 0 Å². The Morgan fingerprint density at radius 3 is 1.69 bits per heavy atom. The number of ether oxygens (including phenoxy) is 3. The fraction of sp³-hybridized carbons (Fsp3) is 0.150. The van der Waals surface area contributed by atoms with Crippen LogP contribution in [0.1, 0.15) is 20.8 Å². The quantitative estimate of drug-likeness (QED) is 0.406. The highest BCUT2D eigenvalue weighted by Gasteiger charge is 2.21. The van der Waals surface area contributed by atoms with Gasteiger partial charge in [0.25, 0.3) is 0 Å². The van der Waals surface area contributed by atoms with Crippen LogP contribution in [0, 0.1) is 0 Å². The fourth-order valence-corrected chi connectivity index (χ4v) is 2.86. The second-order valence-corrected chi connectivity index (χ2v) is 5.66. The van der Waals surface area contributed by atoms with E-state index < -0.39 is 17.9 Å². The van der Waals surface area contributed by atoms with Crippen LogP contribution in [0.5, 0.6) is 17.2 Å². The molecule has 0 saturated heterocycles. The highest BCUT2D eigenvalue weighted by Crippen LogP contribution is 2.46. The molecule has 0 aliphatic carbocycles. The van der Waals surface area contributed by atoms with Gasteiger partial charge in [-0.25, -0.2) is 0 Å². The molecule has 3 rings (SSSR count). The number of rotatable bonds is 3. The van der Waals surface area contributed by atoms with Gasteiger partial charge in [0, 0.05) is 36.9 Å². The minimum Gasteiger partial charge on any atom is -0.426 e. The molecule has 132 valence electrons. The number of benzene rings is 3. The van der Waals surface area contributed by atoms with Crippen LogP contribution in [-0.2, 0) is 14.4 Å². The molecule has 0 heterocycles. The molecule has 6 heteroatoms. The first-order valence-corrected chi connectivity index (χ1v) is 7.91. The summed E-state index contributed by atoms with van der Waals surface area (Å²) in [6, 6.07) is 12.0. The monoisotopic (exact) mass is 352 g/mol. The van der Waals surface area contributed by atoms with Gasteiger partial charge in [0.05, 0.1) is 5.39 Å². The summed E-state index contributed by atoms with van der Waals surface area (Å²) < 4.78 is 16.2. The maximum Gasteiger partial charge on any atom is 0.308 e. The van der Waals surface area contributed by atoms with E-state index in [1.807, 2.05) is 0 Å². The molecule has 0 spiro atoms. The number of fused-ring (bicyclic) bond motifs is 2. The lowest BCUT2D eigenvalue weighted by Gasteiger charge is -2.17. The molecule has 3 aromatic carbocycles. The summed E-state index contributed by atoms with van der Waals surface area (Å²) in [4.78, 5) is 34.8. The van der Waals surface area contributed by atoms with Gasteiger partial charge in [0.15, 0.2) is 5.75 Å². The van der Waals surface area contributed by atoms with Crippen LogP contribution in [0.25, 0.3) is 21.5 Å². The molecule has 0 amide bonds. The summed E-state index contributed by atoms with van der Waals surface area (Å²) in [7, 11) is 0. The van der Waals surface area contributed by atoms with Gasteiger partial charge in [0.2, 0.25) is 0 Å². The number of esters is 3. The molecular formula is C20H16O6. The molecule has 0 aromatic heterocycles. The van der Waals surface area contributed by atoms with Crippen molar-refractivity contribution in [3.05, 3.63) is 42.5 Å². The molecule has 0 unspecified atom stereocenters. The summed E-state index contributed by atoms with van der Waals surface area (Å²) >= 11 is 0. The first kappa shape index (κ1) is 17.4. The third kappa shape index (κ3) is 3.21. The zero-order chi connectivity index (χ0) is 18.8. The predicted molar refractivity (Wildman–Crippen MR) is 95.4 cm³/mol. The normalized spacial score (nSPS) is 10.6. The van der Waals surface area contributed by atoms with Crippen LogP contribution >= 0.6 is 0 Å². The highest BCUT2D eigenvalue weighted by atomic mass is 16.5. The molecule has 26 heavy (non-hydrogen) atoms.